The molecule has 0 amide bonds. The second-order valence-electron chi connectivity index (χ2n) is 5.08. The van der Waals surface area contributed by atoms with Crippen LogP contribution in [0, 0.1) is 0 Å². The van der Waals surface area contributed by atoms with E-state index in [1.165, 1.54) is 46.2 Å². The maximum Gasteiger partial charge on any atom is 0.387 e. The second-order valence-corrected chi connectivity index (χ2v) is 6.12. The maximum absolute atomic E-state index is 12.4. The SMILES string of the molecule is CCc1nn2c(=O)cc(COC(=O)c3ccccc3OC(F)F)nc2s1. The van der Waals surface area contributed by atoms with Gasteiger partial charge in [-0.25, -0.2) is 9.78 Å². The number of halogens is 2. The van der Waals surface area contributed by atoms with E-state index in [-0.39, 0.29) is 23.6 Å². The zero-order valence-electron chi connectivity index (χ0n) is 13.5. The van der Waals surface area contributed by atoms with Gasteiger partial charge in [-0.15, -0.1) is 0 Å². The molecule has 0 spiro atoms. The number of hydrogen-bond donors (Lipinski definition) is 0. The molecule has 0 aliphatic heterocycles. The van der Waals surface area contributed by atoms with Gasteiger partial charge in [0.2, 0.25) is 4.96 Å². The summed E-state index contributed by atoms with van der Waals surface area (Å²) in [5, 5.41) is 4.87. The van der Waals surface area contributed by atoms with Gasteiger partial charge in [0.25, 0.3) is 5.56 Å². The molecule has 0 N–H and O–H groups in total. The van der Waals surface area contributed by atoms with Crippen LogP contribution in [-0.4, -0.2) is 27.2 Å². The molecule has 26 heavy (non-hydrogen) atoms. The predicted molar refractivity (Wildman–Crippen MR) is 88.7 cm³/mol. The highest BCUT2D eigenvalue weighted by molar-refractivity contribution is 7.16. The third kappa shape index (κ3) is 3.85. The summed E-state index contributed by atoms with van der Waals surface area (Å²) < 4.78 is 35.4. The Labute approximate surface area is 149 Å². The molecule has 0 atom stereocenters. The lowest BCUT2D eigenvalue weighted by Gasteiger charge is -2.10. The number of hydrogen-bond acceptors (Lipinski definition) is 7. The lowest BCUT2D eigenvalue weighted by atomic mass is 10.2. The molecule has 0 saturated carbocycles. The highest BCUT2D eigenvalue weighted by atomic mass is 32.1. The summed E-state index contributed by atoms with van der Waals surface area (Å²) in [4.78, 5) is 28.8. The van der Waals surface area contributed by atoms with Crippen LogP contribution in [0.5, 0.6) is 5.75 Å². The quantitative estimate of drug-likeness (QED) is 0.611. The zero-order valence-corrected chi connectivity index (χ0v) is 14.3. The van der Waals surface area contributed by atoms with Crippen molar-refractivity contribution < 1.29 is 23.0 Å². The molecule has 10 heteroatoms. The first kappa shape index (κ1) is 17.9. The Morgan fingerprint density at radius 1 is 1.35 bits per heavy atom. The molecule has 3 aromatic rings. The van der Waals surface area contributed by atoms with Gasteiger partial charge in [0.1, 0.15) is 22.9 Å². The lowest BCUT2D eigenvalue weighted by Crippen LogP contribution is -2.17. The fourth-order valence-corrected chi connectivity index (χ4v) is 3.02. The average Bonchev–Trinajstić information content (AvgIpc) is 3.03. The summed E-state index contributed by atoms with van der Waals surface area (Å²) in [7, 11) is 0. The van der Waals surface area contributed by atoms with E-state index < -0.39 is 18.1 Å². The molecule has 0 fully saturated rings. The third-order valence-corrected chi connectivity index (χ3v) is 4.37. The first-order valence-corrected chi connectivity index (χ1v) is 8.39. The minimum Gasteiger partial charge on any atom is -0.455 e. The van der Waals surface area contributed by atoms with Crippen molar-refractivity contribution in [2.75, 3.05) is 0 Å². The summed E-state index contributed by atoms with van der Waals surface area (Å²) in [6, 6.07) is 6.71. The number of nitrogens with zero attached hydrogens (tertiary/aromatic N) is 3. The first-order valence-electron chi connectivity index (χ1n) is 7.57. The van der Waals surface area contributed by atoms with E-state index in [1.54, 1.807) is 0 Å². The molecular formula is C16H13F2N3O4S. The van der Waals surface area contributed by atoms with Gasteiger partial charge in [0, 0.05) is 6.07 Å². The molecule has 0 saturated heterocycles. The number of alkyl halides is 2. The molecule has 2 heterocycles. The monoisotopic (exact) mass is 381 g/mol. The number of para-hydroxylation sites is 1. The van der Waals surface area contributed by atoms with Crippen molar-refractivity contribution in [2.24, 2.45) is 0 Å². The van der Waals surface area contributed by atoms with Gasteiger partial charge < -0.3 is 9.47 Å². The Morgan fingerprint density at radius 3 is 2.85 bits per heavy atom. The standard InChI is InChI=1S/C16H13F2N3O4S/c1-2-12-20-21-13(22)7-9(19-16(21)26-12)8-24-14(23)10-5-3-4-6-11(10)25-15(17)18/h3-7,15H,2,8H2,1H3. The lowest BCUT2D eigenvalue weighted by molar-refractivity contribution is -0.0505. The van der Waals surface area contributed by atoms with Crippen LogP contribution in [0.3, 0.4) is 0 Å². The summed E-state index contributed by atoms with van der Waals surface area (Å²) in [6.07, 6.45) is 0.665. The number of carbonyl (C=O) groups is 1. The van der Waals surface area contributed by atoms with Crippen LogP contribution >= 0.6 is 11.3 Å². The molecule has 0 radical (unpaired) electrons. The van der Waals surface area contributed by atoms with E-state index in [1.807, 2.05) is 6.92 Å². The Morgan fingerprint density at radius 2 is 2.12 bits per heavy atom. The average molecular weight is 381 g/mol. The summed E-state index contributed by atoms with van der Waals surface area (Å²) in [6.45, 7) is -1.44. The van der Waals surface area contributed by atoms with E-state index in [0.29, 0.717) is 11.4 Å². The number of aryl methyl sites for hydroxylation is 1. The van der Waals surface area contributed by atoms with Crippen molar-refractivity contribution >= 4 is 22.3 Å². The number of carbonyl (C=O) groups excluding carboxylic acids is 1. The molecule has 0 aliphatic rings. The summed E-state index contributed by atoms with van der Waals surface area (Å²) >= 11 is 1.26. The number of rotatable bonds is 6. The molecule has 0 unspecified atom stereocenters. The van der Waals surface area contributed by atoms with Crippen LogP contribution < -0.4 is 10.3 Å². The highest BCUT2D eigenvalue weighted by Gasteiger charge is 2.17. The van der Waals surface area contributed by atoms with E-state index in [2.05, 4.69) is 14.8 Å². The van der Waals surface area contributed by atoms with Gasteiger partial charge in [-0.2, -0.15) is 18.4 Å². The van der Waals surface area contributed by atoms with Crippen molar-refractivity contribution in [2.45, 2.75) is 26.6 Å². The van der Waals surface area contributed by atoms with E-state index >= 15 is 0 Å². The predicted octanol–water partition coefficient (Wildman–Crippen LogP) is 2.67. The topological polar surface area (TPSA) is 82.8 Å². The Balaban J connectivity index is 1.78. The molecule has 3 rings (SSSR count). The van der Waals surface area contributed by atoms with Crippen LogP contribution in [0.25, 0.3) is 4.96 Å². The van der Waals surface area contributed by atoms with Gasteiger partial charge in [-0.1, -0.05) is 30.4 Å². The fourth-order valence-electron chi connectivity index (χ4n) is 2.16. The van der Waals surface area contributed by atoms with Crippen molar-refractivity contribution in [3.63, 3.8) is 0 Å². The number of esters is 1. The molecule has 2 aromatic heterocycles. The van der Waals surface area contributed by atoms with Crippen molar-refractivity contribution in [3.8, 4) is 5.75 Å². The normalized spacial score (nSPS) is 11.1. The van der Waals surface area contributed by atoms with Crippen molar-refractivity contribution in [1.29, 1.82) is 0 Å². The minimum atomic E-state index is -3.06. The van der Waals surface area contributed by atoms with Gasteiger partial charge in [0.05, 0.1) is 5.69 Å². The molecule has 136 valence electrons. The van der Waals surface area contributed by atoms with Crippen molar-refractivity contribution in [3.05, 3.63) is 57.0 Å². The molecule has 1 aromatic carbocycles. The van der Waals surface area contributed by atoms with Gasteiger partial charge >= 0.3 is 12.6 Å². The van der Waals surface area contributed by atoms with E-state index in [9.17, 15) is 18.4 Å². The number of benzene rings is 1. The van der Waals surface area contributed by atoms with Crippen LogP contribution in [0.2, 0.25) is 0 Å². The third-order valence-electron chi connectivity index (χ3n) is 3.32. The molecular weight excluding hydrogens is 368 g/mol. The fraction of sp³-hybridized carbons (Fsp3) is 0.250. The largest absolute Gasteiger partial charge is 0.455 e. The Bertz CT molecular complexity index is 1000. The number of aromatic nitrogens is 3. The van der Waals surface area contributed by atoms with Gasteiger partial charge in [-0.05, 0) is 18.6 Å². The van der Waals surface area contributed by atoms with E-state index in [4.69, 9.17) is 4.74 Å². The smallest absolute Gasteiger partial charge is 0.387 e. The molecule has 7 nitrogen and oxygen atoms in total. The first-order chi connectivity index (χ1) is 12.5. The summed E-state index contributed by atoms with van der Waals surface area (Å²) in [5.41, 5.74) is -0.294. The zero-order chi connectivity index (χ0) is 18.7. The minimum absolute atomic E-state index is 0.142. The Hall–Kier alpha value is -2.88. The van der Waals surface area contributed by atoms with Crippen molar-refractivity contribution in [1.82, 2.24) is 14.6 Å². The van der Waals surface area contributed by atoms with Crippen LogP contribution in [0.15, 0.2) is 35.1 Å². The van der Waals surface area contributed by atoms with E-state index in [0.717, 1.165) is 5.01 Å². The molecule has 0 aliphatic carbocycles. The maximum atomic E-state index is 12.4. The number of ether oxygens (including phenoxy) is 2. The highest BCUT2D eigenvalue weighted by Crippen LogP contribution is 2.21. The van der Waals surface area contributed by atoms with Crippen LogP contribution in [0.1, 0.15) is 28.0 Å². The van der Waals surface area contributed by atoms with Crippen LogP contribution in [0.4, 0.5) is 8.78 Å². The molecule has 0 bridgehead atoms. The number of fused-ring (bicyclic) bond motifs is 1. The van der Waals surface area contributed by atoms with Crippen LogP contribution in [-0.2, 0) is 17.8 Å². The Kier molecular flexibility index (Phi) is 5.21. The summed E-state index contributed by atoms with van der Waals surface area (Å²) in [5.74, 6) is -1.15. The second kappa shape index (κ2) is 7.56. The van der Waals surface area contributed by atoms with Gasteiger partial charge in [-0.3, -0.25) is 4.79 Å². The van der Waals surface area contributed by atoms with Gasteiger partial charge in [0.15, 0.2) is 0 Å².